The van der Waals surface area contributed by atoms with Gasteiger partial charge in [-0.1, -0.05) is 95.2 Å². The van der Waals surface area contributed by atoms with Crippen molar-refractivity contribution in [3.8, 4) is 17.2 Å². The lowest BCUT2D eigenvalue weighted by Crippen LogP contribution is -2.23. The van der Waals surface area contributed by atoms with E-state index in [0.29, 0.717) is 11.5 Å². The van der Waals surface area contributed by atoms with Gasteiger partial charge in [0.15, 0.2) is 0 Å². The van der Waals surface area contributed by atoms with Gasteiger partial charge in [0.2, 0.25) is 0 Å². The van der Waals surface area contributed by atoms with Crippen LogP contribution in [0.4, 0.5) is 0 Å². The average molecular weight is 679 g/mol. The highest BCUT2D eigenvalue weighted by Crippen LogP contribution is 2.51. The van der Waals surface area contributed by atoms with Crippen molar-refractivity contribution in [2.75, 3.05) is 0 Å². The summed E-state index contributed by atoms with van der Waals surface area (Å²) in [5.74, 6) is -0.0000763. The number of carbonyl (C=O) groups is 2. The number of rotatable bonds is 7. The highest BCUT2D eigenvalue weighted by Gasteiger charge is 2.33. The van der Waals surface area contributed by atoms with Gasteiger partial charge in [-0.2, -0.15) is 0 Å². The van der Waals surface area contributed by atoms with Crippen molar-refractivity contribution in [2.24, 2.45) is 0 Å². The van der Waals surface area contributed by atoms with Crippen molar-refractivity contribution in [1.82, 2.24) is 0 Å². The number of carbonyl (C=O) groups excluding carboxylic acids is 2. The number of phenols is 1. The minimum atomic E-state index is -0.578. The molecule has 0 spiro atoms. The number of ether oxygens (including phenoxy) is 2. The Morgan fingerprint density at radius 3 is 1.36 bits per heavy atom. The Bertz CT molecular complexity index is 1570. The minimum absolute atomic E-state index is 0.170. The van der Waals surface area contributed by atoms with Gasteiger partial charge in [-0.05, 0) is 71.9 Å². The molecule has 0 heterocycles. The second-order valence-electron chi connectivity index (χ2n) is 16.8. The second kappa shape index (κ2) is 13.5. The third-order valence-electron chi connectivity index (χ3n) is 7.66. The number of benzene rings is 3. The van der Waals surface area contributed by atoms with Crippen LogP contribution in [0.2, 0.25) is 0 Å². The largest absolute Gasteiger partial charge is 0.507 e. The molecular weight excluding hydrogens is 625 g/mol. The van der Waals surface area contributed by atoms with Gasteiger partial charge in [0.1, 0.15) is 22.8 Å². The van der Waals surface area contributed by atoms with Crippen LogP contribution in [0.15, 0.2) is 58.3 Å². The fraction of sp³-hybridized carbons (Fsp3) is 0.500. The summed E-state index contributed by atoms with van der Waals surface area (Å²) in [7, 11) is 0. The first-order valence-electron chi connectivity index (χ1n) is 16.2. The smallest absolute Gasteiger partial charge is 0.347 e. The number of hydrogen-bond acceptors (Lipinski definition) is 7. The van der Waals surface area contributed by atoms with E-state index in [1.165, 1.54) is 6.92 Å². The average Bonchev–Trinajstić information content (AvgIpc) is 2.87. The molecule has 0 atom stereocenters. The summed E-state index contributed by atoms with van der Waals surface area (Å²) in [4.78, 5) is 27.6. The Morgan fingerprint density at radius 2 is 0.979 bits per heavy atom. The van der Waals surface area contributed by atoms with Gasteiger partial charge in [0.25, 0.3) is 0 Å². The van der Waals surface area contributed by atoms with E-state index in [-0.39, 0.29) is 37.1 Å². The summed E-state index contributed by atoms with van der Waals surface area (Å²) in [6, 6.07) is 15.2. The third-order valence-corrected chi connectivity index (χ3v) is 10.1. The summed E-state index contributed by atoms with van der Waals surface area (Å²) in [5, 5.41) is 11.3. The third kappa shape index (κ3) is 9.82. The van der Waals surface area contributed by atoms with Crippen LogP contribution in [0.5, 0.6) is 17.2 Å². The summed E-state index contributed by atoms with van der Waals surface area (Å²) in [5.41, 5.74) is 2.79. The minimum Gasteiger partial charge on any atom is -0.507 e. The van der Waals surface area contributed by atoms with Gasteiger partial charge in [-0.15, -0.1) is 23.5 Å². The Labute approximate surface area is 291 Å². The maximum atomic E-state index is 13.7. The quantitative estimate of drug-likeness (QED) is 0.115. The molecule has 3 rings (SSSR count). The van der Waals surface area contributed by atoms with Crippen molar-refractivity contribution >= 4 is 35.5 Å². The standard InChI is InChI=1S/C40H54O5S2/c1-24(41)44-32-19-17-16-18-27(32)35(43)45-34-30(38(8,9)10)22-26(23-31(34)39(11,12)13)47-40(14,15)46-25-20-28(36(2,3)4)33(42)29(21-25)37(5,6)7/h16-23,42H,1-15H3. The fourth-order valence-corrected chi connectivity index (χ4v) is 7.90. The maximum absolute atomic E-state index is 13.7. The lowest BCUT2D eigenvalue weighted by Gasteiger charge is -2.32. The van der Waals surface area contributed by atoms with E-state index in [1.807, 2.05) is 0 Å². The van der Waals surface area contributed by atoms with E-state index in [1.54, 1.807) is 47.8 Å². The fourth-order valence-electron chi connectivity index (χ4n) is 5.31. The van der Waals surface area contributed by atoms with Gasteiger partial charge < -0.3 is 14.6 Å². The van der Waals surface area contributed by atoms with Crippen molar-refractivity contribution in [1.29, 1.82) is 0 Å². The lowest BCUT2D eigenvalue weighted by atomic mass is 9.79. The molecule has 0 aliphatic rings. The zero-order chi connectivity index (χ0) is 35.9. The van der Waals surface area contributed by atoms with E-state index < -0.39 is 11.9 Å². The summed E-state index contributed by atoms with van der Waals surface area (Å²) in [6.07, 6.45) is 0. The molecule has 0 aliphatic carbocycles. The summed E-state index contributed by atoms with van der Waals surface area (Å²) >= 11 is 3.55. The van der Waals surface area contributed by atoms with Gasteiger partial charge in [0, 0.05) is 39.0 Å². The zero-order valence-corrected chi connectivity index (χ0v) is 32.6. The Morgan fingerprint density at radius 1 is 0.596 bits per heavy atom. The van der Waals surface area contributed by atoms with Crippen LogP contribution in [0.25, 0.3) is 0 Å². The maximum Gasteiger partial charge on any atom is 0.347 e. The van der Waals surface area contributed by atoms with Crippen molar-refractivity contribution in [2.45, 2.75) is 139 Å². The Hall–Kier alpha value is -2.90. The van der Waals surface area contributed by atoms with E-state index in [9.17, 15) is 14.7 Å². The van der Waals surface area contributed by atoms with Crippen LogP contribution in [0.1, 0.15) is 136 Å². The predicted molar refractivity (Wildman–Crippen MR) is 198 cm³/mol. The van der Waals surface area contributed by atoms with Gasteiger partial charge in [-0.3, -0.25) is 4.79 Å². The van der Waals surface area contributed by atoms with Crippen molar-refractivity contribution in [3.63, 3.8) is 0 Å². The molecule has 0 fully saturated rings. The van der Waals surface area contributed by atoms with E-state index in [4.69, 9.17) is 9.47 Å². The van der Waals surface area contributed by atoms with E-state index in [2.05, 4.69) is 121 Å². The highest BCUT2D eigenvalue weighted by molar-refractivity contribution is 8.18. The molecule has 0 radical (unpaired) electrons. The molecule has 1 N–H and O–H groups in total. The van der Waals surface area contributed by atoms with Gasteiger partial charge in [0.05, 0.1) is 4.08 Å². The Kier molecular flexibility index (Phi) is 11.1. The molecule has 3 aromatic rings. The monoisotopic (exact) mass is 678 g/mol. The molecule has 3 aromatic carbocycles. The molecule has 0 aliphatic heterocycles. The number of hydrogen-bond donors (Lipinski definition) is 1. The molecular formula is C40H54O5S2. The topological polar surface area (TPSA) is 72.8 Å². The van der Waals surface area contributed by atoms with Crippen LogP contribution in [0, 0.1) is 0 Å². The molecule has 0 saturated heterocycles. The van der Waals surface area contributed by atoms with Crippen LogP contribution in [-0.4, -0.2) is 21.1 Å². The molecule has 0 amide bonds. The van der Waals surface area contributed by atoms with Crippen molar-refractivity contribution in [3.05, 3.63) is 76.3 Å². The van der Waals surface area contributed by atoms with Crippen LogP contribution >= 0.6 is 23.5 Å². The molecule has 0 saturated carbocycles. The van der Waals surface area contributed by atoms with Crippen molar-refractivity contribution < 1.29 is 24.2 Å². The summed E-state index contributed by atoms with van der Waals surface area (Å²) < 4.78 is 11.3. The number of thioether (sulfide) groups is 2. The lowest BCUT2D eigenvalue weighted by molar-refractivity contribution is -0.131. The Balaban J connectivity index is 2.12. The number of aromatic hydroxyl groups is 1. The number of phenolic OH excluding ortho intramolecular Hbond substituents is 1. The molecule has 0 aromatic heterocycles. The summed E-state index contributed by atoms with van der Waals surface area (Å²) in [6.45, 7) is 31.2. The van der Waals surface area contributed by atoms with E-state index in [0.717, 1.165) is 32.0 Å². The molecule has 256 valence electrons. The SMILES string of the molecule is CC(=O)Oc1ccccc1C(=O)Oc1c(C(C)(C)C)cc(SC(C)(C)Sc2cc(C(C)(C)C)c(O)c(C(C)(C)C)c2)cc1C(C)(C)C. The number of esters is 2. The first kappa shape index (κ1) is 38.5. The second-order valence-corrected chi connectivity index (χ2v) is 20.4. The van der Waals surface area contributed by atoms with Crippen LogP contribution in [-0.2, 0) is 26.5 Å². The van der Waals surface area contributed by atoms with Gasteiger partial charge >= 0.3 is 11.9 Å². The number of para-hydroxylation sites is 1. The first-order valence-corrected chi connectivity index (χ1v) is 17.8. The van der Waals surface area contributed by atoms with Gasteiger partial charge in [-0.25, -0.2) is 4.79 Å². The molecule has 0 unspecified atom stereocenters. The van der Waals surface area contributed by atoms with Crippen LogP contribution in [0.3, 0.4) is 0 Å². The zero-order valence-electron chi connectivity index (χ0n) is 31.0. The first-order chi connectivity index (χ1) is 21.2. The molecule has 7 heteroatoms. The normalized spacial score (nSPS) is 13.0. The van der Waals surface area contributed by atoms with Crippen LogP contribution < -0.4 is 9.47 Å². The van der Waals surface area contributed by atoms with E-state index >= 15 is 0 Å². The molecule has 0 bridgehead atoms. The molecule has 5 nitrogen and oxygen atoms in total. The molecule has 47 heavy (non-hydrogen) atoms. The predicted octanol–water partition coefficient (Wildman–Crippen LogP) is 11.3. The highest BCUT2D eigenvalue weighted by atomic mass is 32.2.